The van der Waals surface area contributed by atoms with Crippen LogP contribution in [0, 0.1) is 18.8 Å². The molecule has 184 valence electrons. The SMILES string of the molecule is Cc1nc(C#Cc2cnc(Nc3ccnc(-c4cnn(S(=O)(=O)C5CC5)c4)n3)cc2NC(C)C)cs1. The topological polar surface area (TPSA) is 128 Å². The Balaban J connectivity index is 1.38. The predicted octanol–water partition coefficient (Wildman–Crippen LogP) is 3.80. The van der Waals surface area contributed by atoms with E-state index in [1.165, 1.54) is 12.4 Å². The van der Waals surface area contributed by atoms with E-state index in [0.29, 0.717) is 35.9 Å². The van der Waals surface area contributed by atoms with Crippen LogP contribution in [-0.4, -0.2) is 48.8 Å². The van der Waals surface area contributed by atoms with Gasteiger partial charge < -0.3 is 10.6 Å². The average Bonchev–Trinajstić information content (AvgIpc) is 3.44. The molecular weight excluding hydrogens is 496 g/mol. The van der Waals surface area contributed by atoms with Crippen molar-refractivity contribution in [2.45, 2.75) is 44.9 Å². The number of pyridine rings is 1. The first-order chi connectivity index (χ1) is 17.3. The summed E-state index contributed by atoms with van der Waals surface area (Å²) >= 11 is 1.56. The zero-order valence-corrected chi connectivity index (χ0v) is 21.6. The third kappa shape index (κ3) is 5.37. The van der Waals surface area contributed by atoms with Gasteiger partial charge in [-0.25, -0.2) is 28.4 Å². The molecule has 10 nitrogen and oxygen atoms in total. The number of hydrogen-bond donors (Lipinski definition) is 2. The summed E-state index contributed by atoms with van der Waals surface area (Å²) in [5, 5.41) is 13.2. The number of anilines is 3. The number of hydrogen-bond acceptors (Lipinski definition) is 10. The highest BCUT2D eigenvalue weighted by atomic mass is 32.2. The summed E-state index contributed by atoms with van der Waals surface area (Å²) in [5.74, 6) is 7.69. The molecule has 0 bridgehead atoms. The van der Waals surface area contributed by atoms with Gasteiger partial charge in [0.05, 0.1) is 39.5 Å². The van der Waals surface area contributed by atoms with Crippen LogP contribution in [0.4, 0.5) is 17.3 Å². The van der Waals surface area contributed by atoms with Gasteiger partial charge in [0.1, 0.15) is 17.3 Å². The van der Waals surface area contributed by atoms with E-state index in [2.05, 4.69) is 61.4 Å². The second-order valence-electron chi connectivity index (χ2n) is 8.65. The monoisotopic (exact) mass is 520 g/mol. The molecule has 12 heteroatoms. The van der Waals surface area contributed by atoms with Gasteiger partial charge >= 0.3 is 0 Å². The smallest absolute Gasteiger partial charge is 0.256 e. The molecule has 0 spiro atoms. The van der Waals surface area contributed by atoms with Crippen molar-refractivity contribution in [2.75, 3.05) is 10.6 Å². The van der Waals surface area contributed by atoms with Crippen molar-refractivity contribution in [3.63, 3.8) is 0 Å². The molecule has 5 rings (SSSR count). The van der Waals surface area contributed by atoms with Crippen molar-refractivity contribution in [3.8, 4) is 23.2 Å². The molecule has 0 saturated heterocycles. The molecule has 0 atom stereocenters. The van der Waals surface area contributed by atoms with Gasteiger partial charge in [0.15, 0.2) is 5.82 Å². The van der Waals surface area contributed by atoms with E-state index < -0.39 is 10.0 Å². The summed E-state index contributed by atoms with van der Waals surface area (Å²) in [7, 11) is -3.45. The molecule has 1 aliphatic carbocycles. The molecule has 1 saturated carbocycles. The summed E-state index contributed by atoms with van der Waals surface area (Å²) < 4.78 is 25.9. The molecule has 36 heavy (non-hydrogen) atoms. The zero-order valence-electron chi connectivity index (χ0n) is 19.9. The maximum atomic E-state index is 12.4. The van der Waals surface area contributed by atoms with E-state index >= 15 is 0 Å². The number of nitrogens with one attached hydrogen (secondary N) is 2. The van der Waals surface area contributed by atoms with Gasteiger partial charge in [-0.3, -0.25) is 0 Å². The molecule has 0 unspecified atom stereocenters. The lowest BCUT2D eigenvalue weighted by molar-refractivity contribution is 0.578. The maximum Gasteiger partial charge on any atom is 0.256 e. The summed E-state index contributed by atoms with van der Waals surface area (Å²) in [6.07, 6.45) is 7.55. The Morgan fingerprint density at radius 2 is 1.97 bits per heavy atom. The van der Waals surface area contributed by atoms with Gasteiger partial charge in [-0.15, -0.1) is 11.3 Å². The first-order valence-electron chi connectivity index (χ1n) is 11.4. The van der Waals surface area contributed by atoms with Crippen LogP contribution in [0.25, 0.3) is 11.4 Å². The lowest BCUT2D eigenvalue weighted by atomic mass is 10.2. The zero-order chi connectivity index (χ0) is 25.3. The van der Waals surface area contributed by atoms with Crippen molar-refractivity contribution in [2.24, 2.45) is 0 Å². The van der Waals surface area contributed by atoms with Gasteiger partial charge in [-0.05, 0) is 45.6 Å². The molecule has 0 radical (unpaired) electrons. The van der Waals surface area contributed by atoms with Gasteiger partial charge in [0, 0.05) is 29.9 Å². The number of rotatable bonds is 7. The number of thiazole rings is 1. The van der Waals surface area contributed by atoms with Crippen LogP contribution < -0.4 is 10.6 Å². The first kappa shape index (κ1) is 23.9. The van der Waals surface area contributed by atoms with Crippen molar-refractivity contribution in [1.82, 2.24) is 29.1 Å². The second kappa shape index (κ2) is 9.67. The maximum absolute atomic E-state index is 12.4. The van der Waals surface area contributed by atoms with E-state index in [1.54, 1.807) is 29.8 Å². The summed E-state index contributed by atoms with van der Waals surface area (Å²) in [6.45, 7) is 6.05. The molecule has 1 fully saturated rings. The van der Waals surface area contributed by atoms with Gasteiger partial charge in [-0.1, -0.05) is 5.92 Å². The Morgan fingerprint density at radius 3 is 2.69 bits per heavy atom. The number of aromatic nitrogens is 6. The molecule has 0 amide bonds. The fourth-order valence-corrected chi connectivity index (χ4v) is 5.40. The van der Waals surface area contributed by atoms with Crippen molar-refractivity contribution in [1.29, 1.82) is 0 Å². The minimum Gasteiger partial charge on any atom is -0.382 e. The van der Waals surface area contributed by atoms with Gasteiger partial charge in [-0.2, -0.15) is 9.19 Å². The Labute approximate surface area is 213 Å². The quantitative estimate of drug-likeness (QED) is 0.350. The normalized spacial score (nSPS) is 13.3. The minimum absolute atomic E-state index is 0.191. The minimum atomic E-state index is -3.45. The first-order valence-corrected chi connectivity index (χ1v) is 13.8. The number of aryl methyl sites for hydroxylation is 1. The lowest BCUT2D eigenvalue weighted by Gasteiger charge is -2.14. The Kier molecular flexibility index (Phi) is 6.42. The molecule has 4 aromatic rings. The van der Waals surface area contributed by atoms with Crippen LogP contribution in [-0.2, 0) is 10.0 Å². The Morgan fingerprint density at radius 1 is 1.14 bits per heavy atom. The summed E-state index contributed by atoms with van der Waals surface area (Å²) in [4.78, 5) is 17.7. The highest BCUT2D eigenvalue weighted by Gasteiger charge is 2.37. The molecule has 0 aromatic carbocycles. The van der Waals surface area contributed by atoms with E-state index in [4.69, 9.17) is 0 Å². The van der Waals surface area contributed by atoms with Crippen molar-refractivity contribution in [3.05, 3.63) is 58.6 Å². The number of nitrogens with zero attached hydrogens (tertiary/aromatic N) is 6. The molecule has 4 aromatic heterocycles. The van der Waals surface area contributed by atoms with Gasteiger partial charge in [0.2, 0.25) is 0 Å². The Hall–Kier alpha value is -3.82. The molecular formula is C24H24N8O2S2. The van der Waals surface area contributed by atoms with Crippen LogP contribution in [0.3, 0.4) is 0 Å². The van der Waals surface area contributed by atoms with Gasteiger partial charge in [0.25, 0.3) is 10.0 Å². The van der Waals surface area contributed by atoms with Crippen molar-refractivity contribution < 1.29 is 8.42 Å². The predicted molar refractivity (Wildman–Crippen MR) is 140 cm³/mol. The van der Waals surface area contributed by atoms with Crippen LogP contribution in [0.15, 0.2) is 42.3 Å². The highest BCUT2D eigenvalue weighted by molar-refractivity contribution is 7.90. The Bertz CT molecular complexity index is 1580. The fourth-order valence-electron chi connectivity index (χ4n) is 3.38. The van der Waals surface area contributed by atoms with Crippen LogP contribution in [0.1, 0.15) is 43.0 Å². The fraction of sp³-hybridized carbons (Fsp3) is 0.292. The lowest BCUT2D eigenvalue weighted by Crippen LogP contribution is -2.17. The summed E-state index contributed by atoms with van der Waals surface area (Å²) in [6, 6.07) is 3.78. The van der Waals surface area contributed by atoms with Crippen LogP contribution in [0.5, 0.6) is 0 Å². The molecule has 4 heterocycles. The highest BCUT2D eigenvalue weighted by Crippen LogP contribution is 2.30. The van der Waals surface area contributed by atoms with E-state index in [-0.39, 0.29) is 11.3 Å². The van der Waals surface area contributed by atoms with E-state index in [9.17, 15) is 8.42 Å². The molecule has 0 aliphatic heterocycles. The van der Waals surface area contributed by atoms with Crippen LogP contribution in [0.2, 0.25) is 0 Å². The largest absolute Gasteiger partial charge is 0.382 e. The third-order valence-electron chi connectivity index (χ3n) is 5.23. The third-order valence-corrected chi connectivity index (χ3v) is 8.04. The molecule has 2 N–H and O–H groups in total. The average molecular weight is 521 g/mol. The molecule has 1 aliphatic rings. The summed E-state index contributed by atoms with van der Waals surface area (Å²) in [5.41, 5.74) is 2.84. The van der Waals surface area contributed by atoms with E-state index in [1.807, 2.05) is 18.4 Å². The second-order valence-corrected chi connectivity index (χ2v) is 11.8. The van der Waals surface area contributed by atoms with Crippen molar-refractivity contribution >= 4 is 38.7 Å². The van der Waals surface area contributed by atoms with E-state index in [0.717, 1.165) is 26.0 Å². The van der Waals surface area contributed by atoms with Crippen LogP contribution >= 0.6 is 11.3 Å². The standard InChI is InChI=1S/C24H24N8O2S2/c1-15(2)28-21-10-23(26-11-17(21)4-5-19-14-35-16(3)29-19)30-22-8-9-25-24(31-22)18-12-27-32(13-18)36(33,34)20-6-7-20/h8-15,20H,6-7H2,1-3H3,(H2,25,26,28,30,31).